The van der Waals surface area contributed by atoms with Gasteiger partial charge in [0.15, 0.2) is 0 Å². The van der Waals surface area contributed by atoms with E-state index in [1.54, 1.807) is 0 Å². The van der Waals surface area contributed by atoms with Crippen LogP contribution in [0, 0.1) is 13.8 Å². The summed E-state index contributed by atoms with van der Waals surface area (Å²) in [5.41, 5.74) is 11.8. The van der Waals surface area contributed by atoms with Gasteiger partial charge in [-0.1, -0.05) is 24.3 Å². The molecule has 0 unspecified atom stereocenters. The monoisotopic (exact) mass is 226 g/mol. The number of aryl methyl sites for hydroxylation is 1. The topological polar surface area (TPSA) is 38.9 Å². The van der Waals surface area contributed by atoms with Crippen molar-refractivity contribution in [2.45, 2.75) is 20.3 Å². The molecule has 0 saturated heterocycles. The van der Waals surface area contributed by atoms with Gasteiger partial charge in [-0.15, -0.1) is 0 Å². The lowest BCUT2D eigenvalue weighted by atomic mass is 9.97. The summed E-state index contributed by atoms with van der Waals surface area (Å²) in [4.78, 5) is 4.51. The van der Waals surface area contributed by atoms with Gasteiger partial charge in [-0.05, 0) is 49.6 Å². The highest BCUT2D eigenvalue weighted by molar-refractivity contribution is 5.67. The van der Waals surface area contributed by atoms with Crippen molar-refractivity contribution < 1.29 is 0 Å². The summed E-state index contributed by atoms with van der Waals surface area (Å²) in [5.74, 6) is 0. The van der Waals surface area contributed by atoms with Gasteiger partial charge < -0.3 is 5.73 Å². The lowest BCUT2D eigenvalue weighted by Crippen LogP contribution is -2.05. The quantitative estimate of drug-likeness (QED) is 0.874. The molecule has 2 N–H and O–H groups in total. The van der Waals surface area contributed by atoms with Gasteiger partial charge in [0, 0.05) is 11.8 Å². The van der Waals surface area contributed by atoms with Crippen molar-refractivity contribution in [1.29, 1.82) is 0 Å². The van der Waals surface area contributed by atoms with Crippen molar-refractivity contribution in [2.75, 3.05) is 6.54 Å². The molecule has 0 aliphatic heterocycles. The first-order valence-corrected chi connectivity index (χ1v) is 5.94. The fourth-order valence-electron chi connectivity index (χ4n) is 2.05. The number of nitrogens with two attached hydrogens (primary N) is 1. The normalized spacial score (nSPS) is 10.5. The first kappa shape index (κ1) is 11.8. The Bertz CT molecular complexity index is 518. The third-order valence-electron chi connectivity index (χ3n) is 3.16. The molecule has 0 amide bonds. The van der Waals surface area contributed by atoms with Crippen LogP contribution in [0.25, 0.3) is 11.3 Å². The summed E-state index contributed by atoms with van der Waals surface area (Å²) in [6.45, 7) is 4.93. The first-order valence-electron chi connectivity index (χ1n) is 5.94. The molecule has 1 aromatic carbocycles. The van der Waals surface area contributed by atoms with Crippen LogP contribution in [0.5, 0.6) is 0 Å². The van der Waals surface area contributed by atoms with Crippen molar-refractivity contribution in [2.24, 2.45) is 5.73 Å². The maximum absolute atomic E-state index is 5.65. The lowest BCUT2D eigenvalue weighted by molar-refractivity contribution is 0.961. The molecule has 0 aliphatic carbocycles. The maximum atomic E-state index is 5.65. The highest BCUT2D eigenvalue weighted by atomic mass is 14.7. The number of hydrogen-bond acceptors (Lipinski definition) is 2. The molecule has 17 heavy (non-hydrogen) atoms. The minimum Gasteiger partial charge on any atom is -0.330 e. The Kier molecular flexibility index (Phi) is 3.55. The Hall–Kier alpha value is -1.67. The van der Waals surface area contributed by atoms with Gasteiger partial charge in [-0.3, -0.25) is 4.98 Å². The Morgan fingerprint density at radius 2 is 1.94 bits per heavy atom. The van der Waals surface area contributed by atoms with Crippen LogP contribution in [0.3, 0.4) is 0 Å². The maximum Gasteiger partial charge on any atom is 0.0737 e. The van der Waals surface area contributed by atoms with Crippen LogP contribution < -0.4 is 5.73 Å². The minimum absolute atomic E-state index is 0.656. The van der Waals surface area contributed by atoms with Crippen LogP contribution in [0.2, 0.25) is 0 Å². The smallest absolute Gasteiger partial charge is 0.0737 e. The predicted molar refractivity (Wildman–Crippen MR) is 71.9 cm³/mol. The molecule has 2 aromatic rings. The van der Waals surface area contributed by atoms with E-state index in [1.807, 2.05) is 12.3 Å². The van der Waals surface area contributed by atoms with Gasteiger partial charge in [0.25, 0.3) is 0 Å². The van der Waals surface area contributed by atoms with Crippen LogP contribution in [0.1, 0.15) is 16.7 Å². The lowest BCUT2D eigenvalue weighted by Gasteiger charge is -2.11. The molecular formula is C15H18N2. The zero-order valence-corrected chi connectivity index (χ0v) is 10.4. The van der Waals surface area contributed by atoms with E-state index in [9.17, 15) is 0 Å². The molecule has 0 spiro atoms. The van der Waals surface area contributed by atoms with Gasteiger partial charge in [0.1, 0.15) is 0 Å². The second-order valence-corrected chi connectivity index (χ2v) is 4.30. The van der Waals surface area contributed by atoms with Gasteiger partial charge >= 0.3 is 0 Å². The molecule has 0 aliphatic rings. The second kappa shape index (κ2) is 5.11. The fourth-order valence-corrected chi connectivity index (χ4v) is 2.05. The summed E-state index contributed by atoms with van der Waals surface area (Å²) in [5, 5.41) is 0. The molecule has 2 nitrogen and oxygen atoms in total. The molecular weight excluding hydrogens is 208 g/mol. The van der Waals surface area contributed by atoms with Crippen molar-refractivity contribution >= 4 is 0 Å². The van der Waals surface area contributed by atoms with E-state index in [0.717, 1.165) is 12.1 Å². The molecule has 0 radical (unpaired) electrons. The zero-order valence-electron chi connectivity index (χ0n) is 10.4. The SMILES string of the molecule is Cc1cccc(-c2ncccc2CCN)c1C. The third kappa shape index (κ3) is 2.37. The van der Waals surface area contributed by atoms with Crippen molar-refractivity contribution in [3.8, 4) is 11.3 Å². The zero-order chi connectivity index (χ0) is 12.3. The summed E-state index contributed by atoms with van der Waals surface area (Å²) in [6, 6.07) is 10.4. The third-order valence-corrected chi connectivity index (χ3v) is 3.16. The Labute approximate surface area is 103 Å². The second-order valence-electron chi connectivity index (χ2n) is 4.30. The standard InChI is InChI=1S/C15H18N2/c1-11-5-3-7-14(12(11)2)15-13(8-9-16)6-4-10-17-15/h3-7,10H,8-9,16H2,1-2H3. The summed E-state index contributed by atoms with van der Waals surface area (Å²) < 4.78 is 0. The van der Waals surface area contributed by atoms with E-state index in [0.29, 0.717) is 6.54 Å². The van der Waals surface area contributed by atoms with E-state index in [-0.39, 0.29) is 0 Å². The summed E-state index contributed by atoms with van der Waals surface area (Å²) in [7, 11) is 0. The average Bonchev–Trinajstić information content (AvgIpc) is 2.34. The predicted octanol–water partition coefficient (Wildman–Crippen LogP) is 2.87. The van der Waals surface area contributed by atoms with E-state index in [4.69, 9.17) is 5.73 Å². The molecule has 1 aromatic heterocycles. The minimum atomic E-state index is 0.656. The summed E-state index contributed by atoms with van der Waals surface area (Å²) >= 11 is 0. The molecule has 0 atom stereocenters. The molecule has 1 heterocycles. The average molecular weight is 226 g/mol. The number of nitrogens with zero attached hydrogens (tertiary/aromatic N) is 1. The molecule has 0 bridgehead atoms. The van der Waals surface area contributed by atoms with Crippen LogP contribution in [-0.4, -0.2) is 11.5 Å². The van der Waals surface area contributed by atoms with Gasteiger partial charge in [0.2, 0.25) is 0 Å². The van der Waals surface area contributed by atoms with E-state index in [1.165, 1.54) is 22.3 Å². The number of pyridine rings is 1. The highest BCUT2D eigenvalue weighted by Crippen LogP contribution is 2.26. The molecule has 2 heteroatoms. The Morgan fingerprint density at radius 1 is 1.12 bits per heavy atom. The van der Waals surface area contributed by atoms with Crippen LogP contribution in [0.4, 0.5) is 0 Å². The fraction of sp³-hybridized carbons (Fsp3) is 0.267. The molecule has 0 fully saturated rings. The molecule has 88 valence electrons. The Balaban J connectivity index is 2.56. The van der Waals surface area contributed by atoms with Crippen LogP contribution >= 0.6 is 0 Å². The molecule has 0 saturated carbocycles. The van der Waals surface area contributed by atoms with E-state index >= 15 is 0 Å². The first-order chi connectivity index (χ1) is 8.24. The van der Waals surface area contributed by atoms with Gasteiger partial charge in [0.05, 0.1) is 5.69 Å². The summed E-state index contributed by atoms with van der Waals surface area (Å²) in [6.07, 6.45) is 2.72. The van der Waals surface area contributed by atoms with Crippen LogP contribution in [0.15, 0.2) is 36.5 Å². The van der Waals surface area contributed by atoms with Crippen molar-refractivity contribution in [1.82, 2.24) is 4.98 Å². The molecule has 2 rings (SSSR count). The van der Waals surface area contributed by atoms with Crippen LogP contribution in [-0.2, 0) is 6.42 Å². The van der Waals surface area contributed by atoms with Crippen molar-refractivity contribution in [3.05, 3.63) is 53.2 Å². The largest absolute Gasteiger partial charge is 0.330 e. The van der Waals surface area contributed by atoms with E-state index < -0.39 is 0 Å². The Morgan fingerprint density at radius 3 is 2.71 bits per heavy atom. The number of rotatable bonds is 3. The van der Waals surface area contributed by atoms with Gasteiger partial charge in [-0.25, -0.2) is 0 Å². The number of benzene rings is 1. The number of hydrogen-bond donors (Lipinski definition) is 1. The van der Waals surface area contributed by atoms with Crippen molar-refractivity contribution in [3.63, 3.8) is 0 Å². The highest BCUT2D eigenvalue weighted by Gasteiger charge is 2.09. The number of aromatic nitrogens is 1. The van der Waals surface area contributed by atoms with Gasteiger partial charge in [-0.2, -0.15) is 0 Å². The van der Waals surface area contributed by atoms with E-state index in [2.05, 4.69) is 43.1 Å².